The molecule has 0 radical (unpaired) electrons. The first-order chi connectivity index (χ1) is 18.1. The molecule has 0 aliphatic heterocycles. The first-order valence-electron chi connectivity index (χ1n) is 11.0. The van der Waals surface area contributed by atoms with E-state index in [0.717, 1.165) is 23.1 Å². The minimum absolute atomic E-state index is 0.00651. The number of aryl methyl sites for hydroxylation is 4. The molecule has 3 aromatic rings. The third kappa shape index (κ3) is 5.94. The lowest BCUT2D eigenvalue weighted by atomic mass is 10.0. The maximum absolute atomic E-state index is 13.6. The summed E-state index contributed by atoms with van der Waals surface area (Å²) in [5, 5.41) is 7.77. The van der Waals surface area contributed by atoms with Gasteiger partial charge in [-0.15, -0.1) is 0 Å². The van der Waals surface area contributed by atoms with Crippen molar-refractivity contribution in [3.8, 4) is 11.8 Å². The molecule has 212 valence electrons. The fourth-order valence-electron chi connectivity index (χ4n) is 3.89. The second-order valence-corrected chi connectivity index (χ2v) is 10.7. The van der Waals surface area contributed by atoms with Gasteiger partial charge in [-0.2, -0.15) is 10.2 Å². The lowest BCUT2D eigenvalue weighted by molar-refractivity contribution is -0.135. The van der Waals surface area contributed by atoms with Gasteiger partial charge in [0.2, 0.25) is 17.5 Å². The van der Waals surface area contributed by atoms with Gasteiger partial charge in [-0.25, -0.2) is 35.7 Å². The molecule has 11 nitrogen and oxygen atoms in total. The molecule has 2 heterocycles. The van der Waals surface area contributed by atoms with Crippen LogP contribution in [0.15, 0.2) is 17.0 Å². The average molecular weight is 593 g/mol. The van der Waals surface area contributed by atoms with E-state index < -0.39 is 56.5 Å². The van der Waals surface area contributed by atoms with Crippen molar-refractivity contribution in [1.29, 1.82) is 0 Å². The molecule has 0 fully saturated rings. The van der Waals surface area contributed by atoms with Crippen molar-refractivity contribution in [3.63, 3.8) is 0 Å². The number of hydrogen-bond donors (Lipinski definition) is 0. The number of esters is 1. The molecule has 0 aliphatic carbocycles. The van der Waals surface area contributed by atoms with Crippen molar-refractivity contribution in [2.45, 2.75) is 38.1 Å². The lowest BCUT2D eigenvalue weighted by Gasteiger charge is -2.16. The molecule has 0 saturated carbocycles. The number of ketones is 1. The summed E-state index contributed by atoms with van der Waals surface area (Å²) in [7, 11) is 0.323. The summed E-state index contributed by atoms with van der Waals surface area (Å²) in [6.45, 7) is 2.05. The normalized spacial score (nSPS) is 12.6. The van der Waals surface area contributed by atoms with E-state index in [4.69, 9.17) is 21.1 Å². The Kier molecular flexibility index (Phi) is 8.77. The van der Waals surface area contributed by atoms with Gasteiger partial charge in [0.15, 0.2) is 9.84 Å². The summed E-state index contributed by atoms with van der Waals surface area (Å²) >= 11 is 6.37. The van der Waals surface area contributed by atoms with Crippen LogP contribution < -0.4 is 9.47 Å². The van der Waals surface area contributed by atoms with Gasteiger partial charge in [0, 0.05) is 31.5 Å². The van der Waals surface area contributed by atoms with Gasteiger partial charge in [-0.3, -0.25) is 4.79 Å². The van der Waals surface area contributed by atoms with Crippen LogP contribution in [-0.2, 0) is 35.3 Å². The molecule has 0 aliphatic rings. The van der Waals surface area contributed by atoms with Gasteiger partial charge in [0.05, 0.1) is 35.0 Å². The van der Waals surface area contributed by atoms with Gasteiger partial charge in [-0.05, 0) is 26.0 Å². The molecule has 0 N–H and O–H groups in total. The van der Waals surface area contributed by atoms with Crippen molar-refractivity contribution in [1.82, 2.24) is 19.6 Å². The SMILES string of the molecule is COc1c(C(=O)Oc2c(C(=O)c3ccc(S(C)(=O)=O)c(COC(F)C(F)F)c3Cl)c(C)nn2C)c(C)nn1C. The first kappa shape index (κ1) is 30.1. The monoisotopic (exact) mass is 592 g/mol. The Labute approximate surface area is 226 Å². The van der Waals surface area contributed by atoms with Crippen LogP contribution in [0.1, 0.15) is 43.2 Å². The van der Waals surface area contributed by atoms with Crippen LogP contribution in [-0.4, -0.2) is 65.9 Å². The Morgan fingerprint density at radius 3 is 2.13 bits per heavy atom. The Balaban J connectivity index is 2.09. The molecule has 2 aromatic heterocycles. The molecule has 3 rings (SSSR count). The average Bonchev–Trinajstić information content (AvgIpc) is 3.28. The number of nitrogens with zero attached hydrogens (tertiary/aromatic N) is 4. The molecule has 0 saturated heterocycles. The Morgan fingerprint density at radius 1 is 1.03 bits per heavy atom. The number of sulfone groups is 1. The third-order valence-corrected chi connectivity index (χ3v) is 7.20. The van der Waals surface area contributed by atoms with Crippen molar-refractivity contribution >= 4 is 33.2 Å². The fourth-order valence-corrected chi connectivity index (χ4v) is 5.18. The van der Waals surface area contributed by atoms with Gasteiger partial charge < -0.3 is 14.2 Å². The van der Waals surface area contributed by atoms with Crippen LogP contribution in [0.25, 0.3) is 0 Å². The minimum atomic E-state index is -3.99. The molecule has 0 amide bonds. The quantitative estimate of drug-likeness (QED) is 0.257. The first-order valence-corrected chi connectivity index (χ1v) is 13.3. The predicted molar refractivity (Wildman–Crippen MR) is 131 cm³/mol. The largest absolute Gasteiger partial charge is 0.481 e. The second-order valence-electron chi connectivity index (χ2n) is 8.37. The van der Waals surface area contributed by atoms with E-state index in [-0.39, 0.29) is 34.1 Å². The summed E-state index contributed by atoms with van der Waals surface area (Å²) in [5.74, 6) is -1.89. The van der Waals surface area contributed by atoms with E-state index in [0.29, 0.717) is 5.69 Å². The topological polar surface area (TPSA) is 132 Å². The zero-order valence-electron chi connectivity index (χ0n) is 21.6. The highest BCUT2D eigenvalue weighted by molar-refractivity contribution is 7.90. The fraction of sp³-hybridized carbons (Fsp3) is 0.391. The Morgan fingerprint density at radius 2 is 1.59 bits per heavy atom. The molecule has 1 aromatic carbocycles. The number of aromatic nitrogens is 4. The van der Waals surface area contributed by atoms with E-state index in [9.17, 15) is 31.2 Å². The van der Waals surface area contributed by atoms with Crippen molar-refractivity contribution in [3.05, 3.63) is 50.8 Å². The maximum atomic E-state index is 13.6. The number of alkyl halides is 3. The molecule has 16 heteroatoms. The van der Waals surface area contributed by atoms with Gasteiger partial charge >= 0.3 is 5.97 Å². The predicted octanol–water partition coefficient (Wildman–Crippen LogP) is 3.36. The minimum Gasteiger partial charge on any atom is -0.481 e. The van der Waals surface area contributed by atoms with Crippen molar-refractivity contribution in [2.24, 2.45) is 14.1 Å². The molecule has 0 spiro atoms. The number of methoxy groups -OCH3 is 1. The van der Waals surface area contributed by atoms with Gasteiger partial charge in [0.1, 0.15) is 11.1 Å². The van der Waals surface area contributed by atoms with Crippen LogP contribution in [0.4, 0.5) is 13.2 Å². The summed E-state index contributed by atoms with van der Waals surface area (Å²) in [5.41, 5.74) is -0.453. The number of ether oxygens (including phenoxy) is 3. The standard InChI is InChI=1S/C23H24ClF3N4O7S/c1-10-15(22(31(4)28-10)38-23(33)16-11(2)29-30(3)21(16)36-5)18(32)12-7-8-14(39(6,34)35)13(17(12)24)9-37-20(27)19(25)26/h7-8,19-20H,9H2,1-6H3. The third-order valence-electron chi connectivity index (χ3n) is 5.58. The van der Waals surface area contributed by atoms with Crippen LogP contribution in [0.2, 0.25) is 5.02 Å². The molecule has 0 bridgehead atoms. The lowest BCUT2D eigenvalue weighted by Crippen LogP contribution is -2.18. The molecular weight excluding hydrogens is 569 g/mol. The zero-order chi connectivity index (χ0) is 29.4. The summed E-state index contributed by atoms with van der Waals surface area (Å²) in [6, 6.07) is 2.11. The highest BCUT2D eigenvalue weighted by Crippen LogP contribution is 2.34. The molecule has 1 atom stereocenters. The number of rotatable bonds is 10. The van der Waals surface area contributed by atoms with Crippen LogP contribution in [0.3, 0.4) is 0 Å². The summed E-state index contributed by atoms with van der Waals surface area (Å²) in [6.07, 6.45) is -5.69. The van der Waals surface area contributed by atoms with E-state index in [1.54, 1.807) is 14.0 Å². The number of carbonyl (C=O) groups excluding carboxylic acids is 2. The number of hydrogen-bond acceptors (Lipinski definition) is 9. The molecule has 39 heavy (non-hydrogen) atoms. The van der Waals surface area contributed by atoms with Gasteiger partial charge in [-0.1, -0.05) is 11.6 Å². The van der Waals surface area contributed by atoms with E-state index in [1.165, 1.54) is 25.8 Å². The highest BCUT2D eigenvalue weighted by Gasteiger charge is 2.31. The van der Waals surface area contributed by atoms with Crippen LogP contribution in [0.5, 0.6) is 11.8 Å². The van der Waals surface area contributed by atoms with E-state index in [1.807, 2.05) is 0 Å². The molecular formula is C23H24ClF3N4O7S. The number of carbonyl (C=O) groups is 2. The van der Waals surface area contributed by atoms with Crippen molar-refractivity contribution < 1.29 is 45.4 Å². The second kappa shape index (κ2) is 11.4. The zero-order valence-corrected chi connectivity index (χ0v) is 23.2. The van der Waals surface area contributed by atoms with E-state index in [2.05, 4.69) is 14.9 Å². The number of benzene rings is 1. The van der Waals surface area contributed by atoms with Gasteiger partial charge in [0.25, 0.3) is 12.8 Å². The van der Waals surface area contributed by atoms with Crippen molar-refractivity contribution in [2.75, 3.05) is 13.4 Å². The summed E-state index contributed by atoms with van der Waals surface area (Å²) in [4.78, 5) is 26.3. The Hall–Kier alpha value is -3.43. The maximum Gasteiger partial charge on any atom is 0.352 e. The Bertz CT molecular complexity index is 1550. The molecule has 1 unspecified atom stereocenters. The highest BCUT2D eigenvalue weighted by atomic mass is 35.5. The van der Waals surface area contributed by atoms with Crippen LogP contribution >= 0.6 is 11.6 Å². The number of halogens is 4. The van der Waals surface area contributed by atoms with Crippen LogP contribution in [0, 0.1) is 13.8 Å². The van der Waals surface area contributed by atoms with E-state index >= 15 is 0 Å². The smallest absolute Gasteiger partial charge is 0.352 e. The summed E-state index contributed by atoms with van der Waals surface area (Å²) < 4.78 is 80.9.